The number of nitrogens with one attached hydrogen (secondary N) is 9. The van der Waals surface area contributed by atoms with Crippen molar-refractivity contribution in [2.75, 3.05) is 31.6 Å². The van der Waals surface area contributed by atoms with Crippen molar-refractivity contribution < 1.29 is 92.7 Å². The minimum Gasteiger partial charge on any atom is -0.481 e. The summed E-state index contributed by atoms with van der Waals surface area (Å²) in [7, 11) is 0. The first-order chi connectivity index (χ1) is 41.8. The van der Waals surface area contributed by atoms with Gasteiger partial charge in [0.25, 0.3) is 0 Å². The highest BCUT2D eigenvalue weighted by molar-refractivity contribution is 7.98. The van der Waals surface area contributed by atoms with E-state index in [0.717, 1.165) is 4.90 Å². The summed E-state index contributed by atoms with van der Waals surface area (Å²) in [4.78, 5) is 188. The van der Waals surface area contributed by atoms with E-state index < -0.39 is 188 Å². The molecule has 10 amide bonds. The van der Waals surface area contributed by atoms with Crippen molar-refractivity contribution in [3.05, 3.63) is 35.9 Å². The number of rotatable bonds is 41. The minimum absolute atomic E-state index is 0.0226. The van der Waals surface area contributed by atoms with Gasteiger partial charge >= 0.3 is 23.9 Å². The van der Waals surface area contributed by atoms with Gasteiger partial charge in [0.15, 0.2) is 5.96 Å². The lowest BCUT2D eigenvalue weighted by Gasteiger charge is -2.31. The molecule has 0 spiro atoms. The number of nitrogens with two attached hydrogens (primary N) is 3. The van der Waals surface area contributed by atoms with Gasteiger partial charge in [0.2, 0.25) is 59.1 Å². The Morgan fingerprint density at radius 2 is 1.15 bits per heavy atom. The van der Waals surface area contributed by atoms with Gasteiger partial charge in [-0.15, -0.1) is 0 Å². The topological polar surface area (TPSA) is 542 Å². The number of amides is 10. The number of hydrogen-bond donors (Lipinski definition) is 17. The molecule has 1 aliphatic heterocycles. The minimum atomic E-state index is -1.74. The van der Waals surface area contributed by atoms with Crippen molar-refractivity contribution >= 4 is 101 Å². The normalized spacial score (nSPS) is 16.1. The Kier molecular flexibility index (Phi) is 33.7. The molecule has 0 aliphatic carbocycles. The number of likely N-dealkylation sites (tertiary alicyclic amines) is 1. The maximum Gasteiger partial charge on any atom is 0.326 e. The molecule has 33 nitrogen and oxygen atoms in total. The fraction of sp³-hybridized carbons (Fsp3) is 0.618. The maximum absolute atomic E-state index is 14.3. The lowest BCUT2D eigenvalue weighted by molar-refractivity contribution is -0.144. The van der Waals surface area contributed by atoms with E-state index in [4.69, 9.17) is 22.3 Å². The largest absolute Gasteiger partial charge is 0.481 e. The molecule has 1 aromatic carbocycles. The third-order valence-electron chi connectivity index (χ3n) is 13.7. The van der Waals surface area contributed by atoms with Crippen molar-refractivity contribution in [3.8, 4) is 0 Å². The van der Waals surface area contributed by atoms with Crippen LogP contribution in [0.4, 0.5) is 0 Å². The third kappa shape index (κ3) is 28.8. The van der Waals surface area contributed by atoms with E-state index in [1.807, 2.05) is 0 Å². The van der Waals surface area contributed by atoms with Crippen LogP contribution in [-0.4, -0.2) is 218 Å². The van der Waals surface area contributed by atoms with Crippen molar-refractivity contribution in [2.45, 2.75) is 178 Å². The monoisotopic (exact) mass is 1280 g/mol. The van der Waals surface area contributed by atoms with Gasteiger partial charge in [-0.2, -0.15) is 11.8 Å². The van der Waals surface area contributed by atoms with E-state index in [2.05, 4.69) is 52.8 Å². The number of aliphatic carboxylic acids is 4. The summed E-state index contributed by atoms with van der Waals surface area (Å²) in [6, 6.07) is -6.14. The second-order valence-electron chi connectivity index (χ2n) is 21.6. The van der Waals surface area contributed by atoms with Crippen LogP contribution >= 0.6 is 11.8 Å². The highest BCUT2D eigenvalue weighted by Crippen LogP contribution is 2.21. The van der Waals surface area contributed by atoms with Gasteiger partial charge in [-0.1, -0.05) is 44.2 Å². The molecule has 1 aromatic rings. The molecule has 89 heavy (non-hydrogen) atoms. The average molecular weight is 1280 g/mol. The zero-order chi connectivity index (χ0) is 67.1. The molecule has 1 saturated heterocycles. The lowest BCUT2D eigenvalue weighted by Crippen LogP contribution is -2.60. The Hall–Kier alpha value is -8.66. The molecular formula is C55H86N14O19S. The first-order valence-electron chi connectivity index (χ1n) is 28.8. The van der Waals surface area contributed by atoms with Crippen LogP contribution in [0.5, 0.6) is 0 Å². The summed E-state index contributed by atoms with van der Waals surface area (Å²) >= 11 is 1.30. The first-order valence-corrected chi connectivity index (χ1v) is 30.1. The number of aliphatic hydroxyl groups excluding tert-OH is 1. The molecule has 1 fully saturated rings. The average Bonchev–Trinajstić information content (AvgIpc) is 2.07. The first kappa shape index (κ1) is 76.4. The van der Waals surface area contributed by atoms with Crippen LogP contribution in [0.15, 0.2) is 35.3 Å². The fourth-order valence-corrected chi connectivity index (χ4v) is 9.43. The van der Waals surface area contributed by atoms with E-state index >= 15 is 0 Å². The van der Waals surface area contributed by atoms with Crippen molar-refractivity contribution in [3.63, 3.8) is 0 Å². The molecule has 496 valence electrons. The van der Waals surface area contributed by atoms with Gasteiger partial charge in [0.1, 0.15) is 54.4 Å². The number of thioether (sulfide) groups is 1. The number of carbonyl (C=O) groups is 14. The summed E-state index contributed by atoms with van der Waals surface area (Å²) in [5, 5.41) is 70.3. The summed E-state index contributed by atoms with van der Waals surface area (Å²) in [5.41, 5.74) is 17.2. The summed E-state index contributed by atoms with van der Waals surface area (Å²) < 4.78 is 0. The molecule has 0 unspecified atom stereocenters. The van der Waals surface area contributed by atoms with Gasteiger partial charge in [-0.05, 0) is 95.1 Å². The van der Waals surface area contributed by atoms with E-state index in [1.54, 1.807) is 50.4 Å². The van der Waals surface area contributed by atoms with Crippen LogP contribution in [-0.2, 0) is 73.5 Å². The van der Waals surface area contributed by atoms with E-state index in [-0.39, 0.29) is 82.1 Å². The smallest absolute Gasteiger partial charge is 0.326 e. The molecule has 0 aromatic heterocycles. The van der Waals surface area contributed by atoms with Crippen molar-refractivity contribution in [2.24, 2.45) is 28.1 Å². The number of aliphatic hydroxyl groups is 1. The second kappa shape index (κ2) is 39.3. The fourth-order valence-electron chi connectivity index (χ4n) is 8.95. The van der Waals surface area contributed by atoms with Crippen molar-refractivity contribution in [1.82, 2.24) is 52.8 Å². The Balaban J connectivity index is 2.26. The van der Waals surface area contributed by atoms with E-state index in [9.17, 15) is 87.5 Å². The number of carbonyl (C=O) groups excluding carboxylic acids is 10. The van der Waals surface area contributed by atoms with Gasteiger partial charge in [0.05, 0.1) is 18.7 Å². The molecule has 34 heteroatoms. The molecule has 20 N–H and O–H groups in total. The molecular weight excluding hydrogens is 1190 g/mol. The highest BCUT2D eigenvalue weighted by Gasteiger charge is 2.41. The molecule has 0 saturated carbocycles. The molecule has 2 rings (SSSR count). The SMILES string of the molecule is CSCC[C@H](NC(=O)[C@@H](NC(=O)CNC(=O)[C@H](CC(C)C)NC(=O)[C@@H]1CCCN1C(=O)[C@H](CCC(=O)O)NC(=O)[C@H](CCC(=O)O)NC(=O)[C@H](C)NC(=O)[C@@H](N)CCC(=O)O)[C@@H](C)O)C(=O)N[C@@H](CCCN=C(N)N)C(=O)N[C@@H](Cc1ccccc1)C(=O)O. The van der Waals surface area contributed by atoms with Crippen LogP contribution in [0.1, 0.15) is 110 Å². The number of carboxylic acids is 4. The number of guanidine groups is 1. The second-order valence-corrected chi connectivity index (χ2v) is 22.6. The zero-order valence-corrected chi connectivity index (χ0v) is 51.1. The number of nitrogens with zero attached hydrogens (tertiary/aromatic N) is 2. The predicted molar refractivity (Wildman–Crippen MR) is 319 cm³/mol. The number of hydrogen-bond acceptors (Lipinski definition) is 18. The van der Waals surface area contributed by atoms with E-state index in [1.165, 1.54) is 25.6 Å². The molecule has 0 radical (unpaired) electrons. The highest BCUT2D eigenvalue weighted by atomic mass is 32.2. The van der Waals surface area contributed by atoms with Crippen LogP contribution in [0, 0.1) is 5.92 Å². The molecule has 1 heterocycles. The Morgan fingerprint density at radius 3 is 1.70 bits per heavy atom. The number of benzene rings is 1. The summed E-state index contributed by atoms with van der Waals surface area (Å²) in [6.45, 7) is 4.92. The van der Waals surface area contributed by atoms with Crippen LogP contribution in [0.3, 0.4) is 0 Å². The van der Waals surface area contributed by atoms with Crippen LogP contribution in [0.2, 0.25) is 0 Å². The Morgan fingerprint density at radius 1 is 0.618 bits per heavy atom. The van der Waals surface area contributed by atoms with Gasteiger partial charge < -0.3 is 95.5 Å². The summed E-state index contributed by atoms with van der Waals surface area (Å²) in [5.74, 6) is -15.1. The standard InChI is InChI=1S/C55H86N14O19S/c1-28(2)25-37(66-51(84)39-14-10-23-69(39)53(86)36(17-20-43(76)77)65-49(82)34(16-19-42(74)75)62-45(78)29(3)61-46(79)32(56)15-18-41(72)73)47(80)60-27-40(71)68-44(30(4)70)52(85)64-35(21-24-89-5)50(83)63-33(13-9-22-59-55(57)58)48(81)67-38(54(87)88)26-31-11-7-6-8-12-31/h6-8,11-12,28-30,32-39,44,70H,9-10,13-27,56H2,1-5H3,(H,60,80)(H,61,79)(H,62,78)(H,63,83)(H,64,85)(H,65,82)(H,66,84)(H,67,81)(H,68,71)(H,72,73)(H,74,75)(H,76,77)(H,87,88)(H4,57,58,59)/t29-,30+,32-,33-,34-,35-,36-,37-,38-,39-,44-/m0/s1. The Labute approximate surface area is 517 Å². The van der Waals surface area contributed by atoms with E-state index in [0.29, 0.717) is 5.56 Å². The zero-order valence-electron chi connectivity index (χ0n) is 50.3. The summed E-state index contributed by atoms with van der Waals surface area (Å²) in [6.07, 6.45) is -2.92. The molecule has 0 bridgehead atoms. The quantitative estimate of drug-likeness (QED) is 0.0167. The molecule has 11 atom stereocenters. The lowest BCUT2D eigenvalue weighted by atomic mass is 10.0. The third-order valence-corrected chi connectivity index (χ3v) is 14.3. The molecule has 1 aliphatic rings. The predicted octanol–water partition coefficient (Wildman–Crippen LogP) is -4.53. The number of aliphatic imine (C=N–C) groups is 1. The van der Waals surface area contributed by atoms with Gasteiger partial charge in [-0.3, -0.25) is 67.3 Å². The van der Waals surface area contributed by atoms with Crippen LogP contribution < -0.4 is 65.1 Å². The van der Waals surface area contributed by atoms with Crippen LogP contribution in [0.25, 0.3) is 0 Å². The number of carboxylic acid groups (broad SMARTS) is 4. The Bertz CT molecular complexity index is 2660. The van der Waals surface area contributed by atoms with Gasteiger partial charge in [-0.25, -0.2) is 4.79 Å². The van der Waals surface area contributed by atoms with Gasteiger partial charge in [0, 0.05) is 38.8 Å². The van der Waals surface area contributed by atoms with Crippen molar-refractivity contribution in [1.29, 1.82) is 0 Å². The maximum atomic E-state index is 14.3.